The van der Waals surface area contributed by atoms with Gasteiger partial charge in [-0.05, 0) is 25.1 Å². The van der Waals surface area contributed by atoms with Crippen LogP contribution in [0.4, 0.5) is 5.69 Å². The molecule has 1 aromatic heterocycles. The van der Waals surface area contributed by atoms with Gasteiger partial charge in [0.05, 0.1) is 5.69 Å². The third kappa shape index (κ3) is 1.38. The van der Waals surface area contributed by atoms with Crippen LogP contribution in [-0.2, 0) is 0 Å². The Labute approximate surface area is 76.0 Å². The summed E-state index contributed by atoms with van der Waals surface area (Å²) in [7, 11) is 0. The minimum absolute atomic E-state index is 0.741. The van der Waals surface area contributed by atoms with Gasteiger partial charge in [-0.25, -0.2) is 0 Å². The Morgan fingerprint density at radius 3 is 2.85 bits per heavy atom. The summed E-state index contributed by atoms with van der Waals surface area (Å²) in [5.74, 6) is 0.852. The number of aryl methyl sites for hydroxylation is 1. The molecule has 0 aliphatic rings. The largest absolute Gasteiger partial charge is 0.399 e. The van der Waals surface area contributed by atoms with Crippen LogP contribution in [0, 0.1) is 6.92 Å². The van der Waals surface area contributed by atoms with Crippen LogP contribution in [0.25, 0.3) is 5.69 Å². The molecule has 0 saturated carbocycles. The zero-order valence-corrected chi connectivity index (χ0v) is 7.31. The van der Waals surface area contributed by atoms with E-state index in [4.69, 9.17) is 5.73 Å². The molecule has 1 aromatic carbocycles. The van der Waals surface area contributed by atoms with Gasteiger partial charge in [0.25, 0.3) is 0 Å². The average molecular weight is 174 g/mol. The van der Waals surface area contributed by atoms with Crippen molar-refractivity contribution in [1.29, 1.82) is 0 Å². The van der Waals surface area contributed by atoms with Crippen molar-refractivity contribution in [2.45, 2.75) is 6.92 Å². The second-order valence-corrected chi connectivity index (χ2v) is 2.84. The SMILES string of the molecule is Cc1nncn1-c1cccc(N)c1. The summed E-state index contributed by atoms with van der Waals surface area (Å²) in [5, 5.41) is 7.69. The minimum Gasteiger partial charge on any atom is -0.399 e. The van der Waals surface area contributed by atoms with Crippen molar-refractivity contribution in [3.8, 4) is 5.69 Å². The third-order valence-corrected chi connectivity index (χ3v) is 1.87. The molecule has 0 bridgehead atoms. The molecule has 0 saturated heterocycles. The second-order valence-electron chi connectivity index (χ2n) is 2.84. The fraction of sp³-hybridized carbons (Fsp3) is 0.111. The Morgan fingerprint density at radius 2 is 2.23 bits per heavy atom. The summed E-state index contributed by atoms with van der Waals surface area (Å²) in [4.78, 5) is 0. The molecule has 2 rings (SSSR count). The van der Waals surface area contributed by atoms with Crippen LogP contribution in [-0.4, -0.2) is 14.8 Å². The van der Waals surface area contributed by atoms with Gasteiger partial charge >= 0.3 is 0 Å². The molecule has 66 valence electrons. The molecular formula is C9H10N4. The summed E-state index contributed by atoms with van der Waals surface area (Å²) < 4.78 is 1.89. The summed E-state index contributed by atoms with van der Waals surface area (Å²) >= 11 is 0. The van der Waals surface area contributed by atoms with Gasteiger partial charge in [-0.1, -0.05) is 6.07 Å². The molecule has 2 N–H and O–H groups in total. The van der Waals surface area contributed by atoms with Gasteiger partial charge in [-0.15, -0.1) is 10.2 Å². The number of anilines is 1. The Hall–Kier alpha value is -1.84. The van der Waals surface area contributed by atoms with Crippen LogP contribution < -0.4 is 5.73 Å². The van der Waals surface area contributed by atoms with E-state index < -0.39 is 0 Å². The van der Waals surface area contributed by atoms with E-state index in [1.54, 1.807) is 6.33 Å². The number of hydrogen-bond donors (Lipinski definition) is 1. The van der Waals surface area contributed by atoms with Crippen molar-refractivity contribution in [3.63, 3.8) is 0 Å². The van der Waals surface area contributed by atoms with Gasteiger partial charge in [-0.2, -0.15) is 0 Å². The first-order chi connectivity index (χ1) is 6.27. The van der Waals surface area contributed by atoms with E-state index in [2.05, 4.69) is 10.2 Å². The second kappa shape index (κ2) is 2.90. The Morgan fingerprint density at radius 1 is 1.38 bits per heavy atom. The lowest BCUT2D eigenvalue weighted by Gasteiger charge is -2.03. The standard InChI is InChI=1S/C9H10N4/c1-7-12-11-6-13(7)9-4-2-3-8(10)5-9/h2-6H,10H2,1H3. The maximum atomic E-state index is 5.66. The molecule has 13 heavy (non-hydrogen) atoms. The van der Waals surface area contributed by atoms with Gasteiger partial charge in [-0.3, -0.25) is 4.57 Å². The lowest BCUT2D eigenvalue weighted by molar-refractivity contribution is 0.970. The highest BCUT2D eigenvalue weighted by Gasteiger charge is 2.00. The van der Waals surface area contributed by atoms with Crippen LogP contribution in [0.1, 0.15) is 5.82 Å². The predicted octanol–water partition coefficient (Wildman–Crippen LogP) is 1.16. The number of benzene rings is 1. The van der Waals surface area contributed by atoms with Crippen LogP contribution in [0.2, 0.25) is 0 Å². The maximum absolute atomic E-state index is 5.66. The van der Waals surface area contributed by atoms with Crippen LogP contribution >= 0.6 is 0 Å². The van der Waals surface area contributed by atoms with E-state index in [1.165, 1.54) is 0 Å². The number of nitrogens with zero attached hydrogens (tertiary/aromatic N) is 3. The van der Waals surface area contributed by atoms with Crippen molar-refractivity contribution in [1.82, 2.24) is 14.8 Å². The van der Waals surface area contributed by atoms with Crippen molar-refractivity contribution in [2.24, 2.45) is 0 Å². The molecule has 4 nitrogen and oxygen atoms in total. The molecule has 0 atom stereocenters. The highest BCUT2D eigenvalue weighted by atomic mass is 15.3. The zero-order chi connectivity index (χ0) is 9.26. The minimum atomic E-state index is 0.741. The molecule has 0 amide bonds. The number of aromatic nitrogens is 3. The van der Waals surface area contributed by atoms with Crippen molar-refractivity contribution in [2.75, 3.05) is 5.73 Å². The van der Waals surface area contributed by atoms with Crippen molar-refractivity contribution < 1.29 is 0 Å². The highest BCUT2D eigenvalue weighted by molar-refractivity contribution is 5.47. The molecule has 2 aromatic rings. The first-order valence-corrected chi connectivity index (χ1v) is 4.00. The fourth-order valence-electron chi connectivity index (χ4n) is 1.22. The number of nitrogens with two attached hydrogens (primary N) is 1. The average Bonchev–Trinajstić information content (AvgIpc) is 2.51. The maximum Gasteiger partial charge on any atom is 0.134 e. The first kappa shape index (κ1) is 7.79. The first-order valence-electron chi connectivity index (χ1n) is 4.00. The quantitative estimate of drug-likeness (QED) is 0.660. The van der Waals surface area contributed by atoms with Crippen molar-refractivity contribution in [3.05, 3.63) is 36.4 Å². The molecule has 1 heterocycles. The van der Waals surface area contributed by atoms with Gasteiger partial charge in [0.15, 0.2) is 0 Å². The van der Waals surface area contributed by atoms with Crippen LogP contribution in [0.3, 0.4) is 0 Å². The van der Waals surface area contributed by atoms with E-state index in [9.17, 15) is 0 Å². The Balaban J connectivity index is 2.53. The molecule has 0 fully saturated rings. The molecule has 0 unspecified atom stereocenters. The van der Waals surface area contributed by atoms with Gasteiger partial charge in [0.2, 0.25) is 0 Å². The summed E-state index contributed by atoms with van der Waals surface area (Å²) in [6.45, 7) is 1.90. The van der Waals surface area contributed by atoms with E-state index in [-0.39, 0.29) is 0 Å². The zero-order valence-electron chi connectivity index (χ0n) is 7.31. The highest BCUT2D eigenvalue weighted by Crippen LogP contribution is 2.12. The molecular weight excluding hydrogens is 164 g/mol. The molecule has 0 aliphatic heterocycles. The molecule has 4 heteroatoms. The Kier molecular flexibility index (Phi) is 1.73. The van der Waals surface area contributed by atoms with Crippen molar-refractivity contribution >= 4 is 5.69 Å². The number of nitrogen functional groups attached to an aromatic ring is 1. The summed E-state index contributed by atoms with van der Waals surface area (Å²) in [6.07, 6.45) is 1.67. The summed E-state index contributed by atoms with van der Waals surface area (Å²) in [5.41, 5.74) is 7.39. The third-order valence-electron chi connectivity index (χ3n) is 1.87. The van der Waals surface area contributed by atoms with E-state index >= 15 is 0 Å². The smallest absolute Gasteiger partial charge is 0.134 e. The van der Waals surface area contributed by atoms with E-state index in [1.807, 2.05) is 35.8 Å². The lowest BCUT2D eigenvalue weighted by atomic mass is 10.3. The van der Waals surface area contributed by atoms with Gasteiger partial charge in [0, 0.05) is 5.69 Å². The number of rotatable bonds is 1. The molecule has 0 spiro atoms. The van der Waals surface area contributed by atoms with E-state index in [0.717, 1.165) is 17.2 Å². The predicted molar refractivity (Wildman–Crippen MR) is 50.5 cm³/mol. The van der Waals surface area contributed by atoms with E-state index in [0.29, 0.717) is 0 Å². The normalized spacial score (nSPS) is 10.2. The van der Waals surface area contributed by atoms with Gasteiger partial charge < -0.3 is 5.73 Å². The molecule has 0 aliphatic carbocycles. The summed E-state index contributed by atoms with van der Waals surface area (Å²) in [6, 6.07) is 7.61. The van der Waals surface area contributed by atoms with Gasteiger partial charge in [0.1, 0.15) is 12.2 Å². The van der Waals surface area contributed by atoms with Crippen LogP contribution in [0.5, 0.6) is 0 Å². The lowest BCUT2D eigenvalue weighted by Crippen LogP contribution is -1.96. The fourth-order valence-corrected chi connectivity index (χ4v) is 1.22. The number of hydrogen-bond acceptors (Lipinski definition) is 3. The monoisotopic (exact) mass is 174 g/mol. The Bertz CT molecular complexity index is 419. The molecule has 0 radical (unpaired) electrons. The topological polar surface area (TPSA) is 56.7 Å². The van der Waals surface area contributed by atoms with Crippen LogP contribution in [0.15, 0.2) is 30.6 Å².